The number of hydrogen-bond acceptors (Lipinski definition) is 7. The van der Waals surface area contributed by atoms with Gasteiger partial charge in [0.1, 0.15) is 29.7 Å². The molecule has 1 aromatic rings. The molecule has 0 unspecified atom stereocenters. The predicted octanol–water partition coefficient (Wildman–Crippen LogP) is 3.16. The Hall–Kier alpha value is -2.52. The number of benzene rings is 1. The second-order valence-corrected chi connectivity index (χ2v) is 9.91. The highest BCUT2D eigenvalue weighted by Crippen LogP contribution is 2.15. The summed E-state index contributed by atoms with van der Waals surface area (Å²) in [5.41, 5.74) is -0.143. The Bertz CT molecular complexity index is 724. The first-order valence-electron chi connectivity index (χ1n) is 11.2. The van der Waals surface area contributed by atoms with E-state index >= 15 is 0 Å². The Balaban J connectivity index is 2.59. The number of nitrogens with one attached hydrogen (secondary N) is 2. The Morgan fingerprint density at radius 2 is 1.55 bits per heavy atom. The molecule has 0 aromatic heterocycles. The molecule has 2 amide bonds. The van der Waals surface area contributed by atoms with E-state index in [0.29, 0.717) is 12.2 Å². The molecule has 1 rings (SSSR count). The van der Waals surface area contributed by atoms with E-state index < -0.39 is 29.5 Å². The molecule has 2 atom stereocenters. The molecule has 188 valence electrons. The molecule has 33 heavy (non-hydrogen) atoms. The van der Waals surface area contributed by atoms with Crippen molar-refractivity contribution < 1.29 is 34.0 Å². The van der Waals surface area contributed by atoms with Crippen LogP contribution in [0.3, 0.4) is 0 Å². The number of carbonyl (C=O) groups excluding carboxylic acids is 2. The van der Waals surface area contributed by atoms with Gasteiger partial charge in [-0.3, -0.25) is 0 Å². The summed E-state index contributed by atoms with van der Waals surface area (Å²) in [7, 11) is 0. The lowest BCUT2D eigenvalue weighted by molar-refractivity contribution is 0.0460. The minimum atomic E-state index is -0.909. The van der Waals surface area contributed by atoms with Crippen LogP contribution in [0.1, 0.15) is 59.9 Å². The minimum absolute atomic E-state index is 0.0263. The number of alkyl carbamates (subject to hydrolysis) is 2. The molecule has 9 nitrogen and oxygen atoms in total. The van der Waals surface area contributed by atoms with Gasteiger partial charge in [-0.05, 0) is 78.5 Å². The van der Waals surface area contributed by atoms with E-state index in [9.17, 15) is 14.7 Å². The molecule has 0 aliphatic carbocycles. The number of carbonyl (C=O) groups is 2. The topological polar surface area (TPSA) is 126 Å². The van der Waals surface area contributed by atoms with Gasteiger partial charge in [0.2, 0.25) is 0 Å². The SMILES string of the molecule is CC(C)(C)OC(=O)NC[C@H](CCCc1ccc(OC[C@@H](O)CO)cc1)NC(=O)OC(C)(C)C. The van der Waals surface area contributed by atoms with Crippen LogP contribution >= 0.6 is 0 Å². The zero-order valence-corrected chi connectivity index (χ0v) is 20.6. The second kappa shape index (κ2) is 13.3. The van der Waals surface area contributed by atoms with Gasteiger partial charge in [-0.1, -0.05) is 12.1 Å². The van der Waals surface area contributed by atoms with Gasteiger partial charge in [-0.2, -0.15) is 0 Å². The zero-order chi connectivity index (χ0) is 25.1. The number of rotatable bonds is 11. The molecule has 0 radical (unpaired) electrons. The van der Waals surface area contributed by atoms with E-state index in [2.05, 4.69) is 10.6 Å². The number of ether oxygens (including phenoxy) is 3. The third-order valence-electron chi connectivity index (χ3n) is 4.21. The van der Waals surface area contributed by atoms with E-state index in [0.717, 1.165) is 18.4 Å². The lowest BCUT2D eigenvalue weighted by atomic mass is 10.0. The molecule has 1 aromatic carbocycles. The van der Waals surface area contributed by atoms with Crippen LogP contribution in [0.5, 0.6) is 5.75 Å². The molecule has 0 saturated carbocycles. The van der Waals surface area contributed by atoms with Gasteiger partial charge in [0, 0.05) is 12.6 Å². The molecule has 0 spiro atoms. The zero-order valence-electron chi connectivity index (χ0n) is 20.6. The van der Waals surface area contributed by atoms with Crippen molar-refractivity contribution in [2.45, 2.75) is 84.2 Å². The molecular formula is C24H40N2O7. The molecule has 9 heteroatoms. The van der Waals surface area contributed by atoms with Gasteiger partial charge in [0.15, 0.2) is 0 Å². The lowest BCUT2D eigenvalue weighted by Gasteiger charge is -2.25. The first-order chi connectivity index (χ1) is 15.3. The van der Waals surface area contributed by atoms with Crippen molar-refractivity contribution in [3.63, 3.8) is 0 Å². The Morgan fingerprint density at radius 1 is 0.970 bits per heavy atom. The van der Waals surface area contributed by atoms with Gasteiger partial charge >= 0.3 is 12.2 Å². The first-order valence-corrected chi connectivity index (χ1v) is 11.2. The van der Waals surface area contributed by atoms with Crippen LogP contribution in [0.4, 0.5) is 9.59 Å². The number of amides is 2. The van der Waals surface area contributed by atoms with Crippen LogP contribution in [-0.2, 0) is 15.9 Å². The average molecular weight is 469 g/mol. The summed E-state index contributed by atoms with van der Waals surface area (Å²) < 4.78 is 16.0. The van der Waals surface area contributed by atoms with Crippen LogP contribution in [0.2, 0.25) is 0 Å². The van der Waals surface area contributed by atoms with E-state index in [1.165, 1.54) is 0 Å². The quantitative estimate of drug-likeness (QED) is 0.393. The molecule has 0 saturated heterocycles. The fourth-order valence-corrected chi connectivity index (χ4v) is 2.77. The summed E-state index contributed by atoms with van der Waals surface area (Å²) in [6.45, 7) is 10.6. The third kappa shape index (κ3) is 14.3. The van der Waals surface area contributed by atoms with Crippen LogP contribution in [0.15, 0.2) is 24.3 Å². The summed E-state index contributed by atoms with van der Waals surface area (Å²) in [5, 5.41) is 23.7. The highest BCUT2D eigenvalue weighted by atomic mass is 16.6. The summed E-state index contributed by atoms with van der Waals surface area (Å²) in [5.74, 6) is 0.609. The lowest BCUT2D eigenvalue weighted by Crippen LogP contribution is -2.46. The maximum absolute atomic E-state index is 12.2. The van der Waals surface area contributed by atoms with Crippen LogP contribution < -0.4 is 15.4 Å². The summed E-state index contributed by atoms with van der Waals surface area (Å²) in [6, 6.07) is 7.14. The Kier molecular flexibility index (Phi) is 11.4. The Labute approximate surface area is 196 Å². The monoisotopic (exact) mass is 468 g/mol. The first kappa shape index (κ1) is 28.5. The van der Waals surface area contributed by atoms with Gasteiger partial charge in [0.05, 0.1) is 6.61 Å². The smallest absolute Gasteiger partial charge is 0.407 e. The maximum Gasteiger partial charge on any atom is 0.407 e. The molecule has 0 fully saturated rings. The van der Waals surface area contributed by atoms with E-state index in [1.807, 2.05) is 12.1 Å². The number of aryl methyl sites for hydroxylation is 1. The van der Waals surface area contributed by atoms with Crippen LogP contribution in [-0.4, -0.2) is 65.5 Å². The van der Waals surface area contributed by atoms with Crippen molar-refractivity contribution in [1.29, 1.82) is 0 Å². The minimum Gasteiger partial charge on any atom is -0.491 e. The average Bonchev–Trinajstić information content (AvgIpc) is 2.68. The molecule has 0 bridgehead atoms. The van der Waals surface area contributed by atoms with Gasteiger partial charge in [0.25, 0.3) is 0 Å². The maximum atomic E-state index is 12.2. The van der Waals surface area contributed by atoms with Crippen molar-refractivity contribution in [2.24, 2.45) is 0 Å². The van der Waals surface area contributed by atoms with Gasteiger partial charge in [-0.15, -0.1) is 0 Å². The molecule has 0 aliphatic heterocycles. The second-order valence-electron chi connectivity index (χ2n) is 9.91. The highest BCUT2D eigenvalue weighted by molar-refractivity contribution is 5.69. The Morgan fingerprint density at radius 3 is 2.09 bits per heavy atom. The number of aliphatic hydroxyl groups excluding tert-OH is 2. The standard InChI is InChI=1S/C24H40N2O7/c1-23(2,3)32-21(29)25-14-18(26-22(30)33-24(4,5)6)9-7-8-17-10-12-20(13-11-17)31-16-19(28)15-27/h10-13,18-19,27-28H,7-9,14-16H2,1-6H3,(H,25,29)(H,26,30)/t18-,19-/m0/s1. The van der Waals surface area contributed by atoms with E-state index in [-0.39, 0.29) is 25.8 Å². The van der Waals surface area contributed by atoms with Crippen LogP contribution in [0.25, 0.3) is 0 Å². The largest absolute Gasteiger partial charge is 0.491 e. The predicted molar refractivity (Wildman–Crippen MR) is 125 cm³/mol. The van der Waals surface area contributed by atoms with Crippen LogP contribution in [0, 0.1) is 0 Å². The molecule has 0 aliphatic rings. The van der Waals surface area contributed by atoms with Gasteiger partial charge in [-0.25, -0.2) is 9.59 Å². The summed E-state index contributed by atoms with van der Waals surface area (Å²) in [4.78, 5) is 24.2. The molecule has 0 heterocycles. The third-order valence-corrected chi connectivity index (χ3v) is 4.21. The molecule has 4 N–H and O–H groups in total. The number of hydrogen-bond donors (Lipinski definition) is 4. The van der Waals surface area contributed by atoms with Gasteiger partial charge < -0.3 is 35.1 Å². The van der Waals surface area contributed by atoms with Crippen molar-refractivity contribution in [2.75, 3.05) is 19.8 Å². The van der Waals surface area contributed by atoms with Crippen molar-refractivity contribution >= 4 is 12.2 Å². The fraction of sp³-hybridized carbons (Fsp3) is 0.667. The normalized spacial score (nSPS) is 13.6. The van der Waals surface area contributed by atoms with Crippen molar-refractivity contribution in [3.8, 4) is 5.75 Å². The van der Waals surface area contributed by atoms with Crippen molar-refractivity contribution in [3.05, 3.63) is 29.8 Å². The van der Waals surface area contributed by atoms with E-state index in [4.69, 9.17) is 19.3 Å². The van der Waals surface area contributed by atoms with E-state index in [1.54, 1.807) is 53.7 Å². The van der Waals surface area contributed by atoms with Crippen molar-refractivity contribution in [1.82, 2.24) is 10.6 Å². The fourth-order valence-electron chi connectivity index (χ4n) is 2.77. The summed E-state index contributed by atoms with van der Waals surface area (Å²) in [6.07, 6.45) is 0.160. The number of aliphatic hydroxyl groups is 2. The highest BCUT2D eigenvalue weighted by Gasteiger charge is 2.21. The molecular weight excluding hydrogens is 428 g/mol. The summed E-state index contributed by atoms with van der Waals surface area (Å²) >= 11 is 0.